The number of anilines is 1. The van der Waals surface area contributed by atoms with Gasteiger partial charge in [-0.1, -0.05) is 11.6 Å². The van der Waals surface area contributed by atoms with Gasteiger partial charge in [-0.25, -0.2) is 9.18 Å². The molecule has 0 bridgehead atoms. The van der Waals surface area contributed by atoms with Crippen LogP contribution in [-0.4, -0.2) is 16.8 Å². The second-order valence-electron chi connectivity index (χ2n) is 2.74. The first-order chi connectivity index (χ1) is 7.00. The lowest BCUT2D eigenvalue weighted by Gasteiger charge is -2.01. The van der Waals surface area contributed by atoms with Crippen LogP contribution in [0.1, 0.15) is 6.92 Å². The number of aliphatic carboxylic acids is 1. The lowest BCUT2D eigenvalue weighted by atomic mass is 10.3. The van der Waals surface area contributed by atoms with Crippen molar-refractivity contribution in [2.45, 2.75) is 6.92 Å². The molecular weight excluding hydrogens is 223 g/mol. The van der Waals surface area contributed by atoms with Crippen molar-refractivity contribution in [1.82, 2.24) is 0 Å². The molecule has 0 amide bonds. The lowest BCUT2D eigenvalue weighted by Crippen LogP contribution is -2.10. The topological polar surface area (TPSA) is 61.7 Å². The highest BCUT2D eigenvalue weighted by Gasteiger charge is 2.02. The van der Waals surface area contributed by atoms with Crippen molar-refractivity contribution in [3.63, 3.8) is 0 Å². The van der Waals surface area contributed by atoms with Gasteiger partial charge >= 0.3 is 5.97 Å². The molecule has 0 heterocycles. The van der Waals surface area contributed by atoms with E-state index in [0.717, 1.165) is 6.07 Å². The van der Waals surface area contributed by atoms with Gasteiger partial charge < -0.3 is 5.11 Å². The Morgan fingerprint density at radius 3 is 2.80 bits per heavy atom. The first kappa shape index (κ1) is 11.5. The molecule has 4 nitrogen and oxygen atoms in total. The van der Waals surface area contributed by atoms with Gasteiger partial charge in [-0.05, 0) is 25.1 Å². The normalized spacial score (nSPS) is 11.3. The number of halogens is 2. The molecule has 1 rings (SSSR count). The van der Waals surface area contributed by atoms with Crippen LogP contribution < -0.4 is 5.43 Å². The number of rotatable bonds is 3. The Morgan fingerprint density at radius 1 is 1.60 bits per heavy atom. The predicted molar refractivity (Wildman–Crippen MR) is 55.8 cm³/mol. The molecule has 6 heteroatoms. The predicted octanol–water partition coefficient (Wildman–Crippen LogP) is 2.35. The fourth-order valence-electron chi connectivity index (χ4n) is 0.762. The zero-order valence-corrected chi connectivity index (χ0v) is 8.55. The average molecular weight is 231 g/mol. The number of carboxylic acid groups (broad SMARTS) is 1. The number of nitrogens with one attached hydrogen (secondary N) is 1. The van der Waals surface area contributed by atoms with E-state index in [1.54, 1.807) is 0 Å². The molecule has 1 aromatic rings. The van der Waals surface area contributed by atoms with Crippen LogP contribution in [0.3, 0.4) is 0 Å². The molecule has 0 fully saturated rings. The zero-order valence-electron chi connectivity index (χ0n) is 7.79. The number of hydrogen-bond acceptors (Lipinski definition) is 3. The summed E-state index contributed by atoms with van der Waals surface area (Å²) in [7, 11) is 0. The van der Waals surface area contributed by atoms with Crippen LogP contribution in [0.4, 0.5) is 10.1 Å². The van der Waals surface area contributed by atoms with E-state index >= 15 is 0 Å². The summed E-state index contributed by atoms with van der Waals surface area (Å²) in [4.78, 5) is 10.4. The number of hydrogen-bond donors (Lipinski definition) is 2. The van der Waals surface area contributed by atoms with Gasteiger partial charge in [0, 0.05) is 0 Å². The molecule has 0 saturated carbocycles. The van der Waals surface area contributed by atoms with Crippen LogP contribution in [-0.2, 0) is 4.79 Å². The van der Waals surface area contributed by atoms with Gasteiger partial charge in [0.1, 0.15) is 11.5 Å². The van der Waals surface area contributed by atoms with Gasteiger partial charge in [0.05, 0.1) is 10.7 Å². The van der Waals surface area contributed by atoms with Crippen molar-refractivity contribution in [3.05, 3.63) is 29.0 Å². The summed E-state index contributed by atoms with van der Waals surface area (Å²) in [6.45, 7) is 1.33. The highest BCUT2D eigenvalue weighted by Crippen LogP contribution is 2.19. The van der Waals surface area contributed by atoms with Crippen molar-refractivity contribution in [2.75, 3.05) is 5.43 Å². The van der Waals surface area contributed by atoms with Crippen molar-refractivity contribution in [1.29, 1.82) is 0 Å². The molecule has 0 atom stereocenters. The van der Waals surface area contributed by atoms with Crippen LogP contribution in [0.15, 0.2) is 23.3 Å². The van der Waals surface area contributed by atoms with E-state index in [1.807, 2.05) is 0 Å². The molecule has 0 aliphatic heterocycles. The molecule has 0 saturated heterocycles. The largest absolute Gasteiger partial charge is 0.477 e. The minimum absolute atomic E-state index is 0.0526. The van der Waals surface area contributed by atoms with Gasteiger partial charge in [0.15, 0.2) is 0 Å². The van der Waals surface area contributed by atoms with E-state index in [-0.39, 0.29) is 10.7 Å². The van der Waals surface area contributed by atoms with E-state index in [4.69, 9.17) is 16.7 Å². The zero-order chi connectivity index (χ0) is 11.4. The summed E-state index contributed by atoms with van der Waals surface area (Å²) in [5.41, 5.74) is 2.77. The molecule has 0 aliphatic rings. The molecule has 80 valence electrons. The first-order valence-corrected chi connectivity index (χ1v) is 4.37. The van der Waals surface area contributed by atoms with Gasteiger partial charge in [0.2, 0.25) is 0 Å². The summed E-state index contributed by atoms with van der Waals surface area (Å²) in [6.07, 6.45) is 0. The number of carbonyl (C=O) groups is 1. The minimum Gasteiger partial charge on any atom is -0.477 e. The van der Waals surface area contributed by atoms with E-state index in [2.05, 4.69) is 10.5 Å². The van der Waals surface area contributed by atoms with Crippen molar-refractivity contribution in [3.8, 4) is 0 Å². The third-order valence-electron chi connectivity index (χ3n) is 1.58. The van der Waals surface area contributed by atoms with E-state index in [9.17, 15) is 9.18 Å². The quantitative estimate of drug-likeness (QED) is 0.619. The smallest absolute Gasteiger partial charge is 0.351 e. The van der Waals surface area contributed by atoms with Crippen molar-refractivity contribution < 1.29 is 14.3 Å². The SMILES string of the molecule is C/C(=N\Nc1ccc(F)c(Cl)c1)C(=O)O. The van der Waals surface area contributed by atoms with E-state index in [1.165, 1.54) is 19.1 Å². The summed E-state index contributed by atoms with van der Waals surface area (Å²) in [6, 6.07) is 3.88. The Morgan fingerprint density at radius 2 is 2.27 bits per heavy atom. The molecule has 0 spiro atoms. The average Bonchev–Trinajstić information content (AvgIpc) is 2.19. The summed E-state index contributed by atoms with van der Waals surface area (Å²) in [5.74, 6) is -1.67. The first-order valence-electron chi connectivity index (χ1n) is 3.99. The molecule has 0 radical (unpaired) electrons. The van der Waals surface area contributed by atoms with Gasteiger partial charge in [-0.2, -0.15) is 5.10 Å². The van der Waals surface area contributed by atoms with Crippen molar-refractivity contribution >= 4 is 29.0 Å². The highest BCUT2D eigenvalue weighted by molar-refractivity contribution is 6.34. The van der Waals surface area contributed by atoms with Gasteiger partial charge in [0.25, 0.3) is 0 Å². The molecular formula is C9H8ClFN2O2. The third-order valence-corrected chi connectivity index (χ3v) is 1.87. The van der Waals surface area contributed by atoms with Crippen LogP contribution in [0.5, 0.6) is 0 Å². The maximum Gasteiger partial charge on any atom is 0.351 e. The summed E-state index contributed by atoms with van der Waals surface area (Å²) < 4.78 is 12.7. The monoisotopic (exact) mass is 230 g/mol. The van der Waals surface area contributed by atoms with Crippen LogP contribution >= 0.6 is 11.6 Å². The highest BCUT2D eigenvalue weighted by atomic mass is 35.5. The van der Waals surface area contributed by atoms with E-state index < -0.39 is 11.8 Å². The molecule has 15 heavy (non-hydrogen) atoms. The molecule has 1 aromatic carbocycles. The Hall–Kier alpha value is -1.62. The third kappa shape index (κ3) is 3.21. The van der Waals surface area contributed by atoms with Crippen molar-refractivity contribution in [2.24, 2.45) is 5.10 Å². The number of carboxylic acids is 1. The Bertz CT molecular complexity index is 421. The number of benzene rings is 1. The summed E-state index contributed by atoms with van der Waals surface area (Å²) in [5, 5.41) is 12.0. The second kappa shape index (κ2) is 4.75. The fraction of sp³-hybridized carbons (Fsp3) is 0.111. The Labute approximate surface area is 90.4 Å². The molecule has 0 aliphatic carbocycles. The van der Waals surface area contributed by atoms with E-state index in [0.29, 0.717) is 5.69 Å². The van der Waals surface area contributed by atoms with Crippen LogP contribution in [0, 0.1) is 5.82 Å². The molecule has 2 N–H and O–H groups in total. The van der Waals surface area contributed by atoms with Crippen LogP contribution in [0.25, 0.3) is 0 Å². The maximum absolute atomic E-state index is 12.7. The minimum atomic E-state index is -1.13. The maximum atomic E-state index is 12.7. The Kier molecular flexibility index (Phi) is 3.62. The van der Waals surface area contributed by atoms with Gasteiger partial charge in [-0.3, -0.25) is 5.43 Å². The van der Waals surface area contributed by atoms with Crippen LogP contribution in [0.2, 0.25) is 5.02 Å². The second-order valence-corrected chi connectivity index (χ2v) is 3.15. The standard InChI is InChI=1S/C9H8ClFN2O2/c1-5(9(14)15)12-13-6-2-3-8(11)7(10)4-6/h2-4,13H,1H3,(H,14,15)/b12-5+. The summed E-state index contributed by atoms with van der Waals surface area (Å²) >= 11 is 5.51. The number of hydrazone groups is 1. The Balaban J connectivity index is 2.78. The van der Waals surface area contributed by atoms with Gasteiger partial charge in [-0.15, -0.1) is 0 Å². The molecule has 0 aromatic heterocycles. The fourth-order valence-corrected chi connectivity index (χ4v) is 0.942. The number of nitrogens with zero attached hydrogens (tertiary/aromatic N) is 1. The lowest BCUT2D eigenvalue weighted by molar-refractivity contribution is -0.129. The molecule has 0 unspecified atom stereocenters.